The maximum Gasteiger partial charge on any atom is 0.142 e. The number of rotatable bonds is 5. The lowest BCUT2D eigenvalue weighted by Crippen LogP contribution is -2.19. The first-order valence-corrected chi connectivity index (χ1v) is 7.86. The van der Waals surface area contributed by atoms with Crippen molar-refractivity contribution in [2.45, 2.75) is 26.7 Å². The number of hydrogen-bond donors (Lipinski definition) is 1. The minimum atomic E-state index is 0.639. The molecule has 2 aromatic rings. The quantitative estimate of drug-likeness (QED) is 0.915. The number of nitrogens with zero attached hydrogens (tertiary/aromatic N) is 3. The second-order valence-corrected chi connectivity index (χ2v) is 5.41. The molecule has 22 heavy (non-hydrogen) atoms. The molecule has 116 valence electrons. The van der Waals surface area contributed by atoms with E-state index >= 15 is 0 Å². The van der Waals surface area contributed by atoms with E-state index < -0.39 is 0 Å². The summed E-state index contributed by atoms with van der Waals surface area (Å²) in [7, 11) is 0. The molecule has 1 aliphatic rings. The van der Waals surface area contributed by atoms with Crippen LogP contribution in [-0.2, 0) is 0 Å². The molecule has 0 unspecified atom stereocenters. The second kappa shape index (κ2) is 6.64. The van der Waals surface area contributed by atoms with Crippen LogP contribution >= 0.6 is 0 Å². The van der Waals surface area contributed by atoms with Crippen LogP contribution in [0.1, 0.15) is 25.6 Å². The van der Waals surface area contributed by atoms with Gasteiger partial charge in [0.25, 0.3) is 0 Å². The number of para-hydroxylation sites is 2. The van der Waals surface area contributed by atoms with Crippen molar-refractivity contribution >= 4 is 17.3 Å². The number of benzene rings is 1. The molecule has 3 rings (SSSR count). The van der Waals surface area contributed by atoms with Gasteiger partial charge in [-0.2, -0.15) is 0 Å². The zero-order valence-electron chi connectivity index (χ0n) is 13.2. The fraction of sp³-hybridized carbons (Fsp3) is 0.412. The molecule has 1 aliphatic heterocycles. The molecule has 0 aliphatic carbocycles. The van der Waals surface area contributed by atoms with E-state index in [1.54, 1.807) is 0 Å². The topological polar surface area (TPSA) is 50.3 Å². The van der Waals surface area contributed by atoms with E-state index in [0.717, 1.165) is 42.0 Å². The second-order valence-electron chi connectivity index (χ2n) is 5.41. The van der Waals surface area contributed by atoms with Gasteiger partial charge < -0.3 is 15.0 Å². The van der Waals surface area contributed by atoms with E-state index in [0.29, 0.717) is 6.61 Å². The molecule has 1 aromatic heterocycles. The van der Waals surface area contributed by atoms with Gasteiger partial charge in [0.05, 0.1) is 12.3 Å². The maximum atomic E-state index is 5.65. The largest absolute Gasteiger partial charge is 0.492 e. The van der Waals surface area contributed by atoms with Crippen molar-refractivity contribution in [2.24, 2.45) is 0 Å². The summed E-state index contributed by atoms with van der Waals surface area (Å²) in [6, 6.07) is 9.93. The summed E-state index contributed by atoms with van der Waals surface area (Å²) >= 11 is 0. The Bertz CT molecular complexity index is 638. The first-order chi connectivity index (χ1) is 10.8. The van der Waals surface area contributed by atoms with Crippen molar-refractivity contribution in [2.75, 3.05) is 29.9 Å². The van der Waals surface area contributed by atoms with Gasteiger partial charge >= 0.3 is 0 Å². The van der Waals surface area contributed by atoms with Crippen molar-refractivity contribution in [3.63, 3.8) is 0 Å². The predicted molar refractivity (Wildman–Crippen MR) is 89.1 cm³/mol. The molecule has 0 amide bonds. The Morgan fingerprint density at radius 3 is 2.73 bits per heavy atom. The number of hydrogen-bond acceptors (Lipinski definition) is 5. The summed E-state index contributed by atoms with van der Waals surface area (Å²) in [5, 5.41) is 3.36. The van der Waals surface area contributed by atoms with Crippen LogP contribution in [0.5, 0.6) is 5.75 Å². The van der Waals surface area contributed by atoms with Crippen molar-refractivity contribution in [1.29, 1.82) is 0 Å². The van der Waals surface area contributed by atoms with E-state index in [1.807, 2.05) is 44.2 Å². The van der Waals surface area contributed by atoms with Crippen molar-refractivity contribution in [3.8, 4) is 5.75 Å². The van der Waals surface area contributed by atoms with Gasteiger partial charge in [0, 0.05) is 19.2 Å². The monoisotopic (exact) mass is 298 g/mol. The van der Waals surface area contributed by atoms with Gasteiger partial charge in [-0.1, -0.05) is 12.1 Å². The van der Waals surface area contributed by atoms with E-state index in [9.17, 15) is 0 Å². The van der Waals surface area contributed by atoms with E-state index in [1.165, 1.54) is 12.8 Å². The highest BCUT2D eigenvalue weighted by atomic mass is 16.5. The third-order valence-electron chi connectivity index (χ3n) is 3.70. The lowest BCUT2D eigenvalue weighted by atomic mass is 10.3. The third kappa shape index (κ3) is 3.30. The summed E-state index contributed by atoms with van der Waals surface area (Å²) in [6.45, 7) is 6.70. The molecule has 1 aromatic carbocycles. The first-order valence-electron chi connectivity index (χ1n) is 7.86. The van der Waals surface area contributed by atoms with E-state index in [-0.39, 0.29) is 0 Å². The molecular formula is C17H22N4O. The molecule has 2 heterocycles. The average Bonchev–Trinajstić information content (AvgIpc) is 3.03. The summed E-state index contributed by atoms with van der Waals surface area (Å²) in [5.74, 6) is 3.42. The molecule has 1 saturated heterocycles. The molecule has 0 radical (unpaired) electrons. The summed E-state index contributed by atoms with van der Waals surface area (Å²) < 4.78 is 5.65. The molecule has 5 nitrogen and oxygen atoms in total. The lowest BCUT2D eigenvalue weighted by molar-refractivity contribution is 0.342. The summed E-state index contributed by atoms with van der Waals surface area (Å²) in [6.07, 6.45) is 2.47. The lowest BCUT2D eigenvalue weighted by Gasteiger charge is -2.18. The maximum absolute atomic E-state index is 5.65. The van der Waals surface area contributed by atoms with E-state index in [2.05, 4.69) is 20.2 Å². The number of aryl methyl sites for hydroxylation is 1. The van der Waals surface area contributed by atoms with Crippen molar-refractivity contribution in [1.82, 2.24) is 9.97 Å². The molecule has 0 bridgehead atoms. The van der Waals surface area contributed by atoms with Crippen molar-refractivity contribution in [3.05, 3.63) is 36.2 Å². The molecule has 0 spiro atoms. The Hall–Kier alpha value is -2.30. The Balaban J connectivity index is 1.86. The van der Waals surface area contributed by atoms with Crippen LogP contribution < -0.4 is 15.0 Å². The van der Waals surface area contributed by atoms with Crippen LogP contribution in [-0.4, -0.2) is 29.7 Å². The van der Waals surface area contributed by atoms with Gasteiger partial charge in [-0.05, 0) is 38.8 Å². The molecule has 1 N–H and O–H groups in total. The number of aromatic nitrogens is 2. The fourth-order valence-electron chi connectivity index (χ4n) is 2.71. The highest BCUT2D eigenvalue weighted by Crippen LogP contribution is 2.28. The van der Waals surface area contributed by atoms with Crippen LogP contribution in [0.25, 0.3) is 0 Å². The Kier molecular flexibility index (Phi) is 4.42. The minimum absolute atomic E-state index is 0.639. The van der Waals surface area contributed by atoms with Gasteiger partial charge in [0.1, 0.15) is 23.2 Å². The molecule has 5 heteroatoms. The smallest absolute Gasteiger partial charge is 0.142 e. The zero-order valence-corrected chi connectivity index (χ0v) is 13.2. The normalized spacial score (nSPS) is 14.2. The summed E-state index contributed by atoms with van der Waals surface area (Å²) in [4.78, 5) is 11.4. The van der Waals surface area contributed by atoms with Gasteiger partial charge in [0.2, 0.25) is 0 Å². The number of ether oxygens (including phenoxy) is 1. The van der Waals surface area contributed by atoms with Crippen LogP contribution in [0.15, 0.2) is 30.3 Å². The SMILES string of the molecule is CCOc1ccccc1Nc1cc(N2CCCC2)nc(C)n1. The number of anilines is 3. The minimum Gasteiger partial charge on any atom is -0.492 e. The molecule has 0 saturated carbocycles. The fourth-order valence-corrected chi connectivity index (χ4v) is 2.71. The van der Waals surface area contributed by atoms with Gasteiger partial charge in [-0.15, -0.1) is 0 Å². The Morgan fingerprint density at radius 1 is 1.18 bits per heavy atom. The zero-order chi connectivity index (χ0) is 15.4. The van der Waals surface area contributed by atoms with Crippen LogP contribution in [0, 0.1) is 6.92 Å². The number of nitrogens with one attached hydrogen (secondary N) is 1. The van der Waals surface area contributed by atoms with Crippen LogP contribution in [0.2, 0.25) is 0 Å². The average molecular weight is 298 g/mol. The summed E-state index contributed by atoms with van der Waals surface area (Å²) in [5.41, 5.74) is 0.926. The molecule has 1 fully saturated rings. The van der Waals surface area contributed by atoms with Gasteiger partial charge in [0.15, 0.2) is 0 Å². The standard InChI is InChI=1S/C17H22N4O/c1-3-22-15-9-5-4-8-14(15)20-16-12-17(19-13(2)18-16)21-10-6-7-11-21/h4-5,8-9,12H,3,6-7,10-11H2,1-2H3,(H,18,19,20). The van der Waals surface area contributed by atoms with Gasteiger partial charge in [-0.25, -0.2) is 9.97 Å². The van der Waals surface area contributed by atoms with E-state index in [4.69, 9.17) is 4.74 Å². The third-order valence-corrected chi connectivity index (χ3v) is 3.70. The Labute approximate surface area is 131 Å². The molecule has 0 atom stereocenters. The first kappa shape index (κ1) is 14.6. The van der Waals surface area contributed by atoms with Gasteiger partial charge in [-0.3, -0.25) is 0 Å². The highest BCUT2D eigenvalue weighted by molar-refractivity contribution is 5.65. The molecular weight excluding hydrogens is 276 g/mol. The van der Waals surface area contributed by atoms with Crippen LogP contribution in [0.3, 0.4) is 0 Å². The predicted octanol–water partition coefficient (Wildman–Crippen LogP) is 3.53. The van der Waals surface area contributed by atoms with Crippen LogP contribution in [0.4, 0.5) is 17.3 Å². The highest BCUT2D eigenvalue weighted by Gasteiger charge is 2.15. The van der Waals surface area contributed by atoms with Crippen molar-refractivity contribution < 1.29 is 4.74 Å². The Morgan fingerprint density at radius 2 is 1.95 bits per heavy atom.